The SMILES string of the molecule is C.CC1(C)O[C@H]2C[C@H]3[C@@H]4C[C@H](F)C5=CC(=O)C=C[C@]5(C)[C@@]4(F)[C@@H](O)C[C@]3(C)[C@]2(C(=O)CO)O1. The predicted octanol–water partition coefficient (Wildman–Crippen LogP) is 3.00. The smallest absolute Gasteiger partial charge is 0.193 e. The van der Waals surface area contributed by atoms with E-state index < -0.39 is 76.3 Å². The highest BCUT2D eigenvalue weighted by Gasteiger charge is 2.80. The Morgan fingerprint density at radius 1 is 1.21 bits per heavy atom. The fraction of sp³-hybridized carbons (Fsp3) is 0.760. The quantitative estimate of drug-likeness (QED) is 0.647. The van der Waals surface area contributed by atoms with Crippen molar-refractivity contribution in [1.29, 1.82) is 0 Å². The van der Waals surface area contributed by atoms with Crippen molar-refractivity contribution in [2.75, 3.05) is 6.61 Å². The molecule has 33 heavy (non-hydrogen) atoms. The van der Waals surface area contributed by atoms with E-state index in [0.717, 1.165) is 6.08 Å². The molecule has 1 aliphatic heterocycles. The summed E-state index contributed by atoms with van der Waals surface area (Å²) in [5.74, 6) is -3.53. The van der Waals surface area contributed by atoms with Gasteiger partial charge in [0.2, 0.25) is 0 Å². The Hall–Kier alpha value is -1.48. The lowest BCUT2D eigenvalue weighted by atomic mass is 9.44. The molecule has 4 fully saturated rings. The number of fused-ring (bicyclic) bond motifs is 7. The van der Waals surface area contributed by atoms with E-state index in [0.29, 0.717) is 0 Å². The number of hydrogen-bond acceptors (Lipinski definition) is 6. The lowest BCUT2D eigenvalue weighted by Crippen LogP contribution is -2.71. The molecule has 0 aromatic rings. The third-order valence-electron chi connectivity index (χ3n) is 9.18. The van der Waals surface area contributed by atoms with Crippen LogP contribution >= 0.6 is 0 Å². The Morgan fingerprint density at radius 3 is 2.52 bits per heavy atom. The van der Waals surface area contributed by atoms with Crippen LogP contribution in [0.5, 0.6) is 0 Å². The summed E-state index contributed by atoms with van der Waals surface area (Å²) in [6, 6.07) is 0. The number of Topliss-reactive ketones (excluding diaryl/α,β-unsaturated/α-hetero) is 1. The second-order valence-corrected chi connectivity index (χ2v) is 11.0. The van der Waals surface area contributed by atoms with E-state index in [2.05, 4.69) is 0 Å². The fourth-order valence-electron chi connectivity index (χ4n) is 7.92. The first-order valence-electron chi connectivity index (χ1n) is 11.3. The van der Waals surface area contributed by atoms with Crippen molar-refractivity contribution in [3.63, 3.8) is 0 Å². The van der Waals surface area contributed by atoms with Crippen molar-refractivity contribution in [2.24, 2.45) is 22.7 Å². The number of halogens is 2. The van der Waals surface area contributed by atoms with Crippen LogP contribution < -0.4 is 0 Å². The topological polar surface area (TPSA) is 93.1 Å². The second-order valence-electron chi connectivity index (χ2n) is 11.0. The average molecular weight is 469 g/mol. The molecular formula is C25H34F2O6. The number of carbonyl (C=O) groups is 2. The van der Waals surface area contributed by atoms with Gasteiger partial charge in [0, 0.05) is 16.7 Å². The predicted molar refractivity (Wildman–Crippen MR) is 116 cm³/mol. The van der Waals surface area contributed by atoms with E-state index in [9.17, 15) is 19.8 Å². The summed E-state index contributed by atoms with van der Waals surface area (Å²) in [5, 5.41) is 21.1. The molecule has 2 N–H and O–H groups in total. The minimum atomic E-state index is -2.24. The monoisotopic (exact) mass is 468 g/mol. The molecule has 6 nitrogen and oxygen atoms in total. The molecule has 0 aromatic heterocycles. The van der Waals surface area contributed by atoms with Gasteiger partial charge < -0.3 is 19.7 Å². The van der Waals surface area contributed by atoms with Crippen molar-refractivity contribution in [2.45, 2.75) is 89.8 Å². The second kappa shape index (κ2) is 7.03. The Kier molecular flexibility index (Phi) is 5.25. The molecule has 4 aliphatic carbocycles. The summed E-state index contributed by atoms with van der Waals surface area (Å²) in [5.41, 5.74) is -6.30. The fourth-order valence-corrected chi connectivity index (χ4v) is 7.92. The minimum absolute atomic E-state index is 0. The van der Waals surface area contributed by atoms with E-state index in [1.165, 1.54) is 19.1 Å². The third-order valence-corrected chi connectivity index (χ3v) is 9.18. The Labute approximate surface area is 193 Å². The van der Waals surface area contributed by atoms with E-state index in [1.807, 2.05) is 0 Å². The average Bonchev–Trinajstić information content (AvgIpc) is 3.11. The molecule has 5 rings (SSSR count). The molecule has 0 spiro atoms. The van der Waals surface area contributed by atoms with Gasteiger partial charge in [0.1, 0.15) is 12.8 Å². The summed E-state index contributed by atoms with van der Waals surface area (Å²) in [6.07, 6.45) is -0.151. The Balaban J connectivity index is 0.00000259. The molecule has 5 aliphatic rings. The number of allylic oxidation sites excluding steroid dienone is 4. The zero-order valence-corrected chi connectivity index (χ0v) is 18.7. The first kappa shape index (κ1) is 24.6. The van der Waals surface area contributed by atoms with Crippen molar-refractivity contribution in [1.82, 2.24) is 0 Å². The maximum atomic E-state index is 17.1. The maximum Gasteiger partial charge on any atom is 0.193 e. The highest BCUT2D eigenvalue weighted by atomic mass is 19.1. The van der Waals surface area contributed by atoms with Crippen LogP contribution in [0.25, 0.3) is 0 Å². The maximum absolute atomic E-state index is 17.1. The summed E-state index contributed by atoms with van der Waals surface area (Å²) in [6.45, 7) is 5.87. The molecule has 9 atom stereocenters. The first-order chi connectivity index (χ1) is 14.8. The zero-order chi connectivity index (χ0) is 23.5. The minimum Gasteiger partial charge on any atom is -0.390 e. The molecule has 0 unspecified atom stereocenters. The van der Waals surface area contributed by atoms with E-state index in [4.69, 9.17) is 9.47 Å². The van der Waals surface area contributed by atoms with Crippen molar-refractivity contribution in [3.8, 4) is 0 Å². The largest absolute Gasteiger partial charge is 0.390 e. The molecular weight excluding hydrogens is 434 g/mol. The molecule has 8 heteroatoms. The van der Waals surface area contributed by atoms with Crippen LogP contribution in [-0.2, 0) is 19.1 Å². The molecule has 1 heterocycles. The van der Waals surface area contributed by atoms with E-state index in [1.54, 1.807) is 20.8 Å². The Bertz CT molecular complexity index is 961. The van der Waals surface area contributed by atoms with Gasteiger partial charge in [0.15, 0.2) is 28.6 Å². The van der Waals surface area contributed by atoms with Gasteiger partial charge in [-0.2, -0.15) is 0 Å². The lowest BCUT2D eigenvalue weighted by molar-refractivity contribution is -0.248. The standard InChI is InChI=1S/C24H30F2O6.CH4/c1-20(2)31-19-9-13-14-8-16(25)15-7-12(28)5-6-21(15,3)23(14,26)17(29)10-22(13,4)24(19,32-20)18(30)11-27;/h5-7,13-14,16-17,19,27,29H,8-11H2,1-4H3;1H4/t13-,14-,16-,17-,19-,21-,22-,23-,24+;/m0./s1. The molecule has 1 saturated heterocycles. The molecule has 184 valence electrons. The molecule has 0 bridgehead atoms. The van der Waals surface area contributed by atoms with Crippen molar-refractivity contribution >= 4 is 11.6 Å². The lowest BCUT2D eigenvalue weighted by Gasteiger charge is -2.63. The van der Waals surface area contributed by atoms with Gasteiger partial charge in [0.05, 0.1) is 12.2 Å². The summed E-state index contributed by atoms with van der Waals surface area (Å²) in [7, 11) is 0. The summed E-state index contributed by atoms with van der Waals surface area (Å²) < 4.78 is 44.8. The van der Waals surface area contributed by atoms with Gasteiger partial charge in [-0.05, 0) is 63.7 Å². The number of ether oxygens (including phenoxy) is 2. The zero-order valence-electron chi connectivity index (χ0n) is 18.7. The van der Waals surface area contributed by atoms with Crippen LogP contribution in [0.3, 0.4) is 0 Å². The van der Waals surface area contributed by atoms with Crippen LogP contribution in [0, 0.1) is 22.7 Å². The van der Waals surface area contributed by atoms with Crippen molar-refractivity contribution < 1.29 is 38.1 Å². The van der Waals surface area contributed by atoms with Crippen molar-refractivity contribution in [3.05, 3.63) is 23.8 Å². The number of hydrogen-bond donors (Lipinski definition) is 2. The van der Waals surface area contributed by atoms with Crippen LogP contribution in [0.2, 0.25) is 0 Å². The van der Waals surface area contributed by atoms with E-state index >= 15 is 8.78 Å². The molecule has 3 saturated carbocycles. The number of alkyl halides is 2. The van der Waals surface area contributed by atoms with Gasteiger partial charge in [-0.25, -0.2) is 8.78 Å². The van der Waals surface area contributed by atoms with Crippen LogP contribution in [0.1, 0.15) is 54.4 Å². The normalized spacial score (nSPS) is 51.6. The molecule has 0 aromatic carbocycles. The summed E-state index contributed by atoms with van der Waals surface area (Å²) in [4.78, 5) is 25.1. The van der Waals surface area contributed by atoms with Gasteiger partial charge in [-0.3, -0.25) is 9.59 Å². The van der Waals surface area contributed by atoms with Gasteiger partial charge >= 0.3 is 0 Å². The van der Waals surface area contributed by atoms with Crippen LogP contribution in [0.15, 0.2) is 23.8 Å². The molecule has 0 amide bonds. The Morgan fingerprint density at radius 2 is 1.88 bits per heavy atom. The number of rotatable bonds is 2. The third kappa shape index (κ3) is 2.66. The molecule has 0 radical (unpaired) electrons. The highest BCUT2D eigenvalue weighted by Crippen LogP contribution is 2.72. The number of aliphatic hydroxyl groups excluding tert-OH is 2. The van der Waals surface area contributed by atoms with Gasteiger partial charge in [0.25, 0.3) is 0 Å². The summed E-state index contributed by atoms with van der Waals surface area (Å²) >= 11 is 0. The number of aliphatic hydroxyl groups is 2. The first-order valence-corrected chi connectivity index (χ1v) is 11.3. The number of carbonyl (C=O) groups excluding carboxylic acids is 2. The van der Waals surface area contributed by atoms with Gasteiger partial charge in [-0.15, -0.1) is 0 Å². The number of ketones is 2. The van der Waals surface area contributed by atoms with Crippen LogP contribution in [-0.4, -0.2) is 63.8 Å². The highest BCUT2D eigenvalue weighted by molar-refractivity contribution is 6.01. The van der Waals surface area contributed by atoms with E-state index in [-0.39, 0.29) is 32.3 Å². The van der Waals surface area contributed by atoms with Crippen LogP contribution in [0.4, 0.5) is 8.78 Å². The van der Waals surface area contributed by atoms with Gasteiger partial charge in [-0.1, -0.05) is 20.4 Å².